The van der Waals surface area contributed by atoms with E-state index < -0.39 is 22.9 Å². The number of hydrogen-bond donors (Lipinski definition) is 0. The Morgan fingerprint density at radius 1 is 0.828 bits per heavy atom. The van der Waals surface area contributed by atoms with Crippen molar-refractivity contribution in [3.8, 4) is 0 Å². The van der Waals surface area contributed by atoms with Crippen LogP contribution < -0.4 is 0 Å². The van der Waals surface area contributed by atoms with Crippen molar-refractivity contribution in [2.24, 2.45) is 0 Å². The van der Waals surface area contributed by atoms with Gasteiger partial charge in [0.1, 0.15) is 5.76 Å². The molecule has 156 valence electrons. The van der Waals surface area contributed by atoms with Gasteiger partial charge in [-0.3, -0.25) is 0 Å². The van der Waals surface area contributed by atoms with Crippen molar-refractivity contribution in [3.63, 3.8) is 0 Å². The highest BCUT2D eigenvalue weighted by atomic mass is 35.5. The van der Waals surface area contributed by atoms with E-state index in [1.807, 2.05) is 42.5 Å². The van der Waals surface area contributed by atoms with Crippen molar-refractivity contribution in [1.82, 2.24) is 5.23 Å². The summed E-state index contributed by atoms with van der Waals surface area (Å²) in [6.45, 7) is 12.9. The first-order valence-electron chi connectivity index (χ1n) is 9.89. The highest BCUT2D eigenvalue weighted by Gasteiger charge is 2.41. The molecule has 0 saturated carbocycles. The van der Waals surface area contributed by atoms with Gasteiger partial charge in [0.15, 0.2) is 0 Å². The number of ether oxygens (including phenoxy) is 1. The van der Waals surface area contributed by atoms with Gasteiger partial charge in [-0.15, -0.1) is 0 Å². The summed E-state index contributed by atoms with van der Waals surface area (Å²) >= 11 is 6.12. The average molecular weight is 448 g/mol. The molecule has 2 aromatic rings. The second kappa shape index (κ2) is 8.75. The van der Waals surface area contributed by atoms with Crippen molar-refractivity contribution >= 4 is 34.0 Å². The SMILES string of the molecule is C[Si](C)(C)ON(O[Si](C)(C)C)[C@@H]1OC(c2ccccc2)=C[C@H]1c1ccc(Cl)cc1. The minimum Gasteiger partial charge on any atom is -0.469 e. The summed E-state index contributed by atoms with van der Waals surface area (Å²) in [5.74, 6) is 0.786. The van der Waals surface area contributed by atoms with E-state index in [9.17, 15) is 0 Å². The summed E-state index contributed by atoms with van der Waals surface area (Å²) in [6, 6.07) is 18.0. The van der Waals surface area contributed by atoms with Crippen molar-refractivity contribution in [1.29, 1.82) is 0 Å². The van der Waals surface area contributed by atoms with Gasteiger partial charge in [0.2, 0.25) is 22.9 Å². The molecule has 0 spiro atoms. The number of rotatable bonds is 7. The van der Waals surface area contributed by atoms with Gasteiger partial charge in [0.25, 0.3) is 0 Å². The summed E-state index contributed by atoms with van der Waals surface area (Å²) in [5, 5.41) is 2.36. The third-order valence-electron chi connectivity index (χ3n) is 4.13. The lowest BCUT2D eigenvalue weighted by Gasteiger charge is -2.38. The van der Waals surface area contributed by atoms with Gasteiger partial charge in [-0.2, -0.15) is 0 Å². The van der Waals surface area contributed by atoms with Gasteiger partial charge in [0.05, 0.1) is 5.92 Å². The standard InChI is InChI=1S/C22H30ClNO3Si2/c1-28(2,3)26-24(27-29(4,5)6)22-20(17-12-14-19(23)15-13-17)16-21(25-22)18-10-8-7-9-11-18/h7-16,20,22H,1-6H3/t20-,22+/m0/s1. The molecule has 0 fully saturated rings. The molecule has 0 amide bonds. The molecule has 1 heterocycles. The minimum absolute atomic E-state index is 0.0461. The van der Waals surface area contributed by atoms with Crippen LogP contribution in [0.3, 0.4) is 0 Å². The molecule has 0 radical (unpaired) electrons. The molecule has 0 N–H and O–H groups in total. The zero-order chi connectivity index (χ0) is 21.2. The molecule has 0 unspecified atom stereocenters. The lowest BCUT2D eigenvalue weighted by molar-refractivity contribution is -0.336. The molecular weight excluding hydrogens is 418 g/mol. The molecule has 0 bridgehead atoms. The zero-order valence-electron chi connectivity index (χ0n) is 18.0. The molecule has 29 heavy (non-hydrogen) atoms. The number of hydroxylamine groups is 2. The van der Waals surface area contributed by atoms with Crippen LogP contribution in [-0.2, 0) is 13.8 Å². The van der Waals surface area contributed by atoms with Crippen LogP contribution in [0, 0.1) is 0 Å². The maximum absolute atomic E-state index is 6.45. The molecule has 0 aromatic heterocycles. The second-order valence-electron chi connectivity index (χ2n) is 9.18. The van der Waals surface area contributed by atoms with E-state index in [0.29, 0.717) is 5.02 Å². The number of hydrogen-bond acceptors (Lipinski definition) is 4. The minimum atomic E-state index is -1.93. The quantitative estimate of drug-likeness (QED) is 0.351. The van der Waals surface area contributed by atoms with E-state index in [1.165, 1.54) is 0 Å². The largest absolute Gasteiger partial charge is 0.469 e. The van der Waals surface area contributed by atoms with Crippen molar-refractivity contribution in [2.45, 2.75) is 51.4 Å². The Bertz CT molecular complexity index is 829. The first-order valence-corrected chi connectivity index (χ1v) is 17.1. The van der Waals surface area contributed by atoms with E-state index in [-0.39, 0.29) is 5.92 Å². The van der Waals surface area contributed by atoms with Crippen LogP contribution in [0.5, 0.6) is 0 Å². The van der Waals surface area contributed by atoms with Gasteiger partial charge >= 0.3 is 0 Å². The fourth-order valence-corrected chi connectivity index (χ4v) is 4.60. The Labute approximate surface area is 181 Å². The van der Waals surface area contributed by atoms with E-state index in [1.54, 1.807) is 5.23 Å². The normalized spacial score (nSPS) is 19.9. The molecule has 1 aliphatic heterocycles. The lowest BCUT2D eigenvalue weighted by Crippen LogP contribution is -2.50. The number of benzene rings is 2. The predicted molar refractivity (Wildman–Crippen MR) is 124 cm³/mol. The summed E-state index contributed by atoms with van der Waals surface area (Å²) in [7, 11) is -3.86. The van der Waals surface area contributed by atoms with Crippen LogP contribution in [0.25, 0.3) is 5.76 Å². The smallest absolute Gasteiger partial charge is 0.215 e. The van der Waals surface area contributed by atoms with Crippen LogP contribution in [0.2, 0.25) is 44.3 Å². The third kappa shape index (κ3) is 6.28. The molecule has 2 atom stereocenters. The van der Waals surface area contributed by atoms with Gasteiger partial charge in [0, 0.05) is 10.6 Å². The molecule has 1 aliphatic rings. The highest BCUT2D eigenvalue weighted by molar-refractivity contribution is 6.70. The maximum atomic E-state index is 6.45. The first kappa shape index (κ1) is 22.3. The zero-order valence-corrected chi connectivity index (χ0v) is 20.7. The van der Waals surface area contributed by atoms with Crippen LogP contribution in [0.15, 0.2) is 60.7 Å². The van der Waals surface area contributed by atoms with Crippen LogP contribution in [-0.4, -0.2) is 28.1 Å². The van der Waals surface area contributed by atoms with E-state index in [4.69, 9.17) is 25.4 Å². The number of nitrogens with zero attached hydrogens (tertiary/aromatic N) is 1. The van der Waals surface area contributed by atoms with Crippen molar-refractivity contribution in [3.05, 3.63) is 76.8 Å². The second-order valence-corrected chi connectivity index (χ2v) is 18.4. The molecule has 4 nitrogen and oxygen atoms in total. The average Bonchev–Trinajstić information content (AvgIpc) is 3.06. The Kier molecular flexibility index (Phi) is 6.72. The topological polar surface area (TPSA) is 30.9 Å². The van der Waals surface area contributed by atoms with E-state index >= 15 is 0 Å². The number of halogens is 1. The van der Waals surface area contributed by atoms with Crippen LogP contribution in [0.4, 0.5) is 0 Å². The van der Waals surface area contributed by atoms with Crippen LogP contribution >= 0.6 is 11.6 Å². The molecule has 0 saturated heterocycles. The Morgan fingerprint density at radius 3 is 1.90 bits per heavy atom. The Morgan fingerprint density at radius 2 is 1.38 bits per heavy atom. The monoisotopic (exact) mass is 447 g/mol. The highest BCUT2D eigenvalue weighted by Crippen LogP contribution is 2.40. The Hall–Kier alpha value is -1.42. The van der Waals surface area contributed by atoms with Gasteiger partial charge in [-0.25, -0.2) is 0 Å². The lowest BCUT2D eigenvalue weighted by atomic mass is 9.97. The summed E-state index contributed by atoms with van der Waals surface area (Å²) in [6.07, 6.45) is 1.74. The Balaban J connectivity index is 1.99. The van der Waals surface area contributed by atoms with Crippen molar-refractivity contribution < 1.29 is 13.8 Å². The van der Waals surface area contributed by atoms with Gasteiger partial charge in [-0.1, -0.05) is 54.1 Å². The molecule has 7 heteroatoms. The van der Waals surface area contributed by atoms with Gasteiger partial charge < -0.3 is 13.8 Å². The fraction of sp³-hybridized carbons (Fsp3) is 0.364. The first-order chi connectivity index (χ1) is 13.5. The van der Waals surface area contributed by atoms with Crippen LogP contribution in [0.1, 0.15) is 17.0 Å². The summed E-state index contributed by atoms with van der Waals surface area (Å²) < 4.78 is 19.2. The van der Waals surface area contributed by atoms with Gasteiger partial charge in [-0.05, 0) is 68.3 Å². The third-order valence-corrected chi connectivity index (χ3v) is 5.84. The maximum Gasteiger partial charge on any atom is 0.215 e. The van der Waals surface area contributed by atoms with E-state index in [0.717, 1.165) is 16.9 Å². The van der Waals surface area contributed by atoms with E-state index in [2.05, 4.69) is 57.5 Å². The molecule has 0 aliphatic carbocycles. The summed E-state index contributed by atoms with van der Waals surface area (Å²) in [5.41, 5.74) is 2.14. The summed E-state index contributed by atoms with van der Waals surface area (Å²) in [4.78, 5) is 0. The molecular formula is C22H30ClNO3Si2. The fourth-order valence-electron chi connectivity index (χ4n) is 3.04. The van der Waals surface area contributed by atoms with Crippen molar-refractivity contribution in [2.75, 3.05) is 0 Å². The molecule has 2 aromatic carbocycles. The predicted octanol–water partition coefficient (Wildman–Crippen LogP) is 6.66. The molecule has 3 rings (SSSR count).